The summed E-state index contributed by atoms with van der Waals surface area (Å²) in [5, 5.41) is 0. The van der Waals surface area contributed by atoms with Gasteiger partial charge in [0.05, 0.1) is 17.7 Å². The number of ether oxygens (including phenoxy) is 3. The predicted molar refractivity (Wildman–Crippen MR) is 163 cm³/mol. The molecule has 41 heavy (non-hydrogen) atoms. The van der Waals surface area contributed by atoms with Crippen LogP contribution in [0, 0.1) is 6.92 Å². The molecular weight excluding hydrogens is 536 g/mol. The minimum atomic E-state index is -0.474. The van der Waals surface area contributed by atoms with Crippen molar-refractivity contribution in [3.05, 3.63) is 101 Å². The molecule has 0 N–H and O–H groups in total. The molecule has 7 heteroatoms. The highest BCUT2D eigenvalue weighted by Gasteiger charge is 2.13. The third kappa shape index (κ3) is 10.6. The standard InChI is InChI=1S/C34H38O6S/c1-5-6-7-10-26-11-16-29(17-12-26)39-33(36)27-13-18-30(19-14-27)40-34(37)28-15-20-31(25(4)23-28)41-22-9-8-21-38-32(35)24(2)3/h11-20,23H,2,5-10,21-22H2,1,3-4H3. The van der Waals surface area contributed by atoms with Gasteiger partial charge in [0, 0.05) is 10.5 Å². The monoisotopic (exact) mass is 574 g/mol. The molecule has 0 spiro atoms. The molecule has 0 bridgehead atoms. The molecule has 3 aromatic rings. The van der Waals surface area contributed by atoms with Crippen molar-refractivity contribution in [3.63, 3.8) is 0 Å². The Morgan fingerprint density at radius 3 is 2.00 bits per heavy atom. The fourth-order valence-corrected chi connectivity index (χ4v) is 4.93. The van der Waals surface area contributed by atoms with Gasteiger partial charge in [-0.2, -0.15) is 0 Å². The maximum Gasteiger partial charge on any atom is 0.343 e. The van der Waals surface area contributed by atoms with E-state index in [0.29, 0.717) is 34.8 Å². The molecule has 3 rings (SSSR count). The highest BCUT2D eigenvalue weighted by atomic mass is 32.2. The van der Waals surface area contributed by atoms with Gasteiger partial charge in [0.2, 0.25) is 0 Å². The highest BCUT2D eigenvalue weighted by Crippen LogP contribution is 2.25. The van der Waals surface area contributed by atoms with Gasteiger partial charge in [-0.15, -0.1) is 11.8 Å². The summed E-state index contributed by atoms with van der Waals surface area (Å²) in [6, 6.07) is 19.4. The van der Waals surface area contributed by atoms with Gasteiger partial charge in [0.15, 0.2) is 0 Å². The number of unbranched alkanes of at least 4 members (excludes halogenated alkanes) is 3. The number of hydrogen-bond donors (Lipinski definition) is 0. The van der Waals surface area contributed by atoms with Crippen LogP contribution in [0.4, 0.5) is 0 Å². The molecule has 0 fully saturated rings. The third-order valence-corrected chi connectivity index (χ3v) is 7.55. The Bertz CT molecular complexity index is 1330. The van der Waals surface area contributed by atoms with Crippen molar-refractivity contribution in [3.8, 4) is 11.5 Å². The first-order valence-electron chi connectivity index (χ1n) is 14.0. The zero-order valence-electron chi connectivity index (χ0n) is 24.1. The Kier molecular flexibility index (Phi) is 12.7. The number of benzene rings is 3. The quantitative estimate of drug-likeness (QED) is 0.0596. The molecule has 0 heterocycles. The second-order valence-electron chi connectivity index (χ2n) is 9.86. The zero-order chi connectivity index (χ0) is 29.6. The van der Waals surface area contributed by atoms with E-state index in [1.165, 1.54) is 18.4 Å². The molecule has 0 radical (unpaired) electrons. The van der Waals surface area contributed by atoms with Crippen LogP contribution in [-0.4, -0.2) is 30.3 Å². The van der Waals surface area contributed by atoms with Crippen molar-refractivity contribution in [2.75, 3.05) is 12.4 Å². The van der Waals surface area contributed by atoms with Gasteiger partial charge in [0.1, 0.15) is 11.5 Å². The highest BCUT2D eigenvalue weighted by molar-refractivity contribution is 7.99. The van der Waals surface area contributed by atoms with Crippen molar-refractivity contribution < 1.29 is 28.6 Å². The smallest absolute Gasteiger partial charge is 0.343 e. The molecule has 6 nitrogen and oxygen atoms in total. The van der Waals surface area contributed by atoms with E-state index >= 15 is 0 Å². The Morgan fingerprint density at radius 2 is 1.39 bits per heavy atom. The number of esters is 3. The van der Waals surface area contributed by atoms with E-state index in [1.807, 2.05) is 37.3 Å². The lowest BCUT2D eigenvalue weighted by molar-refractivity contribution is -0.139. The first-order valence-corrected chi connectivity index (χ1v) is 14.9. The fraction of sp³-hybridized carbons (Fsp3) is 0.324. The normalized spacial score (nSPS) is 10.6. The molecular formula is C34H38O6S. The average molecular weight is 575 g/mol. The fourth-order valence-electron chi connectivity index (χ4n) is 3.91. The molecule has 0 atom stereocenters. The van der Waals surface area contributed by atoms with Crippen molar-refractivity contribution in [1.29, 1.82) is 0 Å². The van der Waals surface area contributed by atoms with E-state index in [-0.39, 0.29) is 5.97 Å². The van der Waals surface area contributed by atoms with E-state index in [0.717, 1.165) is 41.9 Å². The number of rotatable bonds is 15. The van der Waals surface area contributed by atoms with Gasteiger partial charge in [-0.1, -0.05) is 38.5 Å². The number of carbonyl (C=O) groups is 3. The van der Waals surface area contributed by atoms with Crippen LogP contribution in [0.2, 0.25) is 0 Å². The molecule has 0 saturated carbocycles. The average Bonchev–Trinajstić information content (AvgIpc) is 2.96. The van der Waals surface area contributed by atoms with Crippen molar-refractivity contribution >= 4 is 29.7 Å². The SMILES string of the molecule is C=C(C)C(=O)OCCCCSc1ccc(C(=O)Oc2ccc(C(=O)Oc3ccc(CCCCC)cc3)cc2)cc1C. The molecule has 216 valence electrons. The van der Waals surface area contributed by atoms with Crippen molar-refractivity contribution in [2.24, 2.45) is 0 Å². The van der Waals surface area contributed by atoms with Gasteiger partial charge >= 0.3 is 17.9 Å². The van der Waals surface area contributed by atoms with Gasteiger partial charge < -0.3 is 14.2 Å². The van der Waals surface area contributed by atoms with E-state index in [1.54, 1.807) is 55.1 Å². The number of thioether (sulfide) groups is 1. The summed E-state index contributed by atoms with van der Waals surface area (Å²) in [6.07, 6.45) is 6.22. The van der Waals surface area contributed by atoms with Gasteiger partial charge in [0.25, 0.3) is 0 Å². The minimum absolute atomic E-state index is 0.339. The third-order valence-electron chi connectivity index (χ3n) is 6.29. The summed E-state index contributed by atoms with van der Waals surface area (Å²) >= 11 is 1.69. The summed E-state index contributed by atoms with van der Waals surface area (Å²) in [7, 11) is 0. The number of hydrogen-bond acceptors (Lipinski definition) is 7. The summed E-state index contributed by atoms with van der Waals surface area (Å²) in [4.78, 5) is 37.8. The Labute approximate surface area is 247 Å². The topological polar surface area (TPSA) is 78.9 Å². The van der Waals surface area contributed by atoms with Crippen LogP contribution in [0.1, 0.15) is 77.8 Å². The van der Waals surface area contributed by atoms with E-state index < -0.39 is 11.9 Å². The summed E-state index contributed by atoms with van der Waals surface area (Å²) in [5.41, 5.74) is 3.41. The molecule has 0 aliphatic carbocycles. The summed E-state index contributed by atoms with van der Waals surface area (Å²) < 4.78 is 16.1. The largest absolute Gasteiger partial charge is 0.462 e. The number of carbonyl (C=O) groups excluding carboxylic acids is 3. The number of aryl methyl sites for hydroxylation is 2. The van der Waals surface area contributed by atoms with Crippen LogP contribution >= 0.6 is 11.8 Å². The molecule has 3 aromatic carbocycles. The minimum Gasteiger partial charge on any atom is -0.462 e. The van der Waals surface area contributed by atoms with Crippen LogP contribution in [0.15, 0.2) is 83.8 Å². The van der Waals surface area contributed by atoms with Crippen LogP contribution in [0.5, 0.6) is 11.5 Å². The zero-order valence-corrected chi connectivity index (χ0v) is 24.9. The van der Waals surface area contributed by atoms with E-state index in [2.05, 4.69) is 13.5 Å². The summed E-state index contributed by atoms with van der Waals surface area (Å²) in [6.45, 7) is 9.71. The molecule has 0 saturated heterocycles. The first kappa shape index (κ1) is 31.7. The Morgan fingerprint density at radius 1 is 0.780 bits per heavy atom. The van der Waals surface area contributed by atoms with Gasteiger partial charge in [-0.3, -0.25) is 0 Å². The second-order valence-corrected chi connectivity index (χ2v) is 11.0. The van der Waals surface area contributed by atoms with E-state index in [4.69, 9.17) is 14.2 Å². The summed E-state index contributed by atoms with van der Waals surface area (Å²) in [5.74, 6) is 0.395. The maximum absolute atomic E-state index is 12.7. The maximum atomic E-state index is 12.7. The lowest BCUT2D eigenvalue weighted by atomic mass is 10.1. The molecule has 0 aliphatic rings. The lowest BCUT2D eigenvalue weighted by Crippen LogP contribution is -2.10. The van der Waals surface area contributed by atoms with Gasteiger partial charge in [-0.25, -0.2) is 14.4 Å². The predicted octanol–water partition coefficient (Wildman–Crippen LogP) is 8.16. The molecule has 0 aliphatic heterocycles. The Hall–Kier alpha value is -3.84. The van der Waals surface area contributed by atoms with Crippen LogP contribution in [-0.2, 0) is 16.0 Å². The lowest BCUT2D eigenvalue weighted by Gasteiger charge is -2.10. The second kappa shape index (κ2) is 16.4. The van der Waals surface area contributed by atoms with Gasteiger partial charge in [-0.05, 0) is 111 Å². The van der Waals surface area contributed by atoms with Crippen LogP contribution < -0.4 is 9.47 Å². The van der Waals surface area contributed by atoms with E-state index in [9.17, 15) is 14.4 Å². The Balaban J connectivity index is 1.45. The first-order chi connectivity index (χ1) is 19.8. The van der Waals surface area contributed by atoms with Crippen LogP contribution in [0.25, 0.3) is 0 Å². The van der Waals surface area contributed by atoms with Crippen LogP contribution in [0.3, 0.4) is 0 Å². The molecule has 0 aromatic heterocycles. The van der Waals surface area contributed by atoms with Crippen molar-refractivity contribution in [2.45, 2.75) is 64.2 Å². The van der Waals surface area contributed by atoms with Crippen molar-refractivity contribution in [1.82, 2.24) is 0 Å². The molecule has 0 unspecified atom stereocenters. The molecule has 0 amide bonds.